The number of primary amides is 1. The van der Waals surface area contributed by atoms with E-state index in [9.17, 15) is 13.6 Å². The molecule has 10 heavy (non-hydrogen) atoms. The standard InChI is InChI=1S/C5H9F2NO2/c1-2-3(9)5(6,7)4(8)10/h3,9H,2H2,1H3,(H2,8,10). The van der Waals surface area contributed by atoms with Crippen LogP contribution in [0.25, 0.3) is 0 Å². The number of carbonyl (C=O) groups is 1. The second-order valence-electron chi connectivity index (χ2n) is 1.91. The highest BCUT2D eigenvalue weighted by atomic mass is 19.3. The molecular weight excluding hydrogens is 144 g/mol. The average molecular weight is 153 g/mol. The maximum absolute atomic E-state index is 12.2. The predicted octanol–water partition coefficient (Wildman–Crippen LogP) is -0.122. The summed E-state index contributed by atoms with van der Waals surface area (Å²) in [5.41, 5.74) is 4.30. The van der Waals surface area contributed by atoms with Crippen LogP contribution in [0.15, 0.2) is 0 Å². The predicted molar refractivity (Wildman–Crippen MR) is 30.4 cm³/mol. The Labute approximate surface area is 56.8 Å². The Bertz CT molecular complexity index is 138. The minimum Gasteiger partial charge on any atom is -0.386 e. The third kappa shape index (κ3) is 1.63. The van der Waals surface area contributed by atoms with E-state index in [0.717, 1.165) is 0 Å². The van der Waals surface area contributed by atoms with Crippen LogP contribution in [-0.4, -0.2) is 23.0 Å². The lowest BCUT2D eigenvalue weighted by Crippen LogP contribution is -2.45. The van der Waals surface area contributed by atoms with Gasteiger partial charge in [0.1, 0.15) is 6.10 Å². The van der Waals surface area contributed by atoms with Crippen molar-refractivity contribution < 1.29 is 18.7 Å². The summed E-state index contributed by atoms with van der Waals surface area (Å²) in [4.78, 5) is 9.93. The zero-order valence-electron chi connectivity index (χ0n) is 5.47. The van der Waals surface area contributed by atoms with Crippen molar-refractivity contribution in [3.63, 3.8) is 0 Å². The van der Waals surface area contributed by atoms with Gasteiger partial charge in [0.05, 0.1) is 0 Å². The Morgan fingerprint density at radius 3 is 2.30 bits per heavy atom. The number of halogens is 2. The van der Waals surface area contributed by atoms with Gasteiger partial charge in [-0.1, -0.05) is 6.92 Å². The SMILES string of the molecule is CCC(O)C(F)(F)C(N)=O. The molecule has 1 amide bonds. The van der Waals surface area contributed by atoms with Gasteiger partial charge in [-0.05, 0) is 6.42 Å². The van der Waals surface area contributed by atoms with Crippen LogP contribution >= 0.6 is 0 Å². The zero-order chi connectivity index (χ0) is 8.36. The maximum Gasteiger partial charge on any atom is 0.349 e. The molecule has 0 aliphatic carbocycles. The highest BCUT2D eigenvalue weighted by Gasteiger charge is 2.43. The van der Waals surface area contributed by atoms with Gasteiger partial charge in [0, 0.05) is 0 Å². The highest BCUT2D eigenvalue weighted by Crippen LogP contribution is 2.19. The van der Waals surface area contributed by atoms with Crippen LogP contribution in [0.4, 0.5) is 8.78 Å². The van der Waals surface area contributed by atoms with E-state index in [1.54, 1.807) is 0 Å². The van der Waals surface area contributed by atoms with E-state index in [-0.39, 0.29) is 6.42 Å². The van der Waals surface area contributed by atoms with Gasteiger partial charge in [0.25, 0.3) is 5.91 Å². The summed E-state index contributed by atoms with van der Waals surface area (Å²) in [6.45, 7) is 1.33. The van der Waals surface area contributed by atoms with Crippen LogP contribution in [0.5, 0.6) is 0 Å². The van der Waals surface area contributed by atoms with Crippen LogP contribution in [0.1, 0.15) is 13.3 Å². The molecule has 1 atom stereocenters. The number of rotatable bonds is 3. The lowest BCUT2D eigenvalue weighted by molar-refractivity contribution is -0.159. The molecule has 0 fully saturated rings. The molecule has 0 radical (unpaired) electrons. The van der Waals surface area contributed by atoms with Crippen LogP contribution in [0.3, 0.4) is 0 Å². The first kappa shape index (κ1) is 9.29. The molecule has 60 valence electrons. The van der Waals surface area contributed by atoms with Crippen molar-refractivity contribution in [3.05, 3.63) is 0 Å². The smallest absolute Gasteiger partial charge is 0.349 e. The minimum absolute atomic E-state index is 0.198. The third-order valence-electron chi connectivity index (χ3n) is 1.13. The molecule has 1 unspecified atom stereocenters. The van der Waals surface area contributed by atoms with E-state index in [1.165, 1.54) is 6.92 Å². The molecule has 0 saturated carbocycles. The van der Waals surface area contributed by atoms with Crippen LogP contribution in [-0.2, 0) is 4.79 Å². The van der Waals surface area contributed by atoms with Crippen LogP contribution in [0, 0.1) is 0 Å². The molecule has 3 nitrogen and oxygen atoms in total. The molecule has 0 heterocycles. The molecule has 0 aromatic heterocycles. The van der Waals surface area contributed by atoms with Crippen LogP contribution in [0.2, 0.25) is 0 Å². The van der Waals surface area contributed by atoms with Gasteiger partial charge < -0.3 is 10.8 Å². The molecule has 0 rings (SSSR count). The molecule has 0 saturated heterocycles. The van der Waals surface area contributed by atoms with Gasteiger partial charge in [-0.3, -0.25) is 4.79 Å². The van der Waals surface area contributed by atoms with Crippen molar-refractivity contribution in [1.82, 2.24) is 0 Å². The Kier molecular flexibility index (Phi) is 2.71. The van der Waals surface area contributed by atoms with Gasteiger partial charge in [-0.25, -0.2) is 0 Å². The highest BCUT2D eigenvalue weighted by molar-refractivity contribution is 5.82. The molecule has 0 spiro atoms. The Morgan fingerprint density at radius 1 is 1.80 bits per heavy atom. The lowest BCUT2D eigenvalue weighted by Gasteiger charge is -2.16. The van der Waals surface area contributed by atoms with Gasteiger partial charge in [0.2, 0.25) is 0 Å². The summed E-state index contributed by atoms with van der Waals surface area (Å²) >= 11 is 0. The molecule has 0 aromatic rings. The quantitative estimate of drug-likeness (QED) is 0.593. The zero-order valence-corrected chi connectivity index (χ0v) is 5.47. The van der Waals surface area contributed by atoms with E-state index in [0.29, 0.717) is 0 Å². The molecule has 0 bridgehead atoms. The van der Waals surface area contributed by atoms with Gasteiger partial charge in [-0.2, -0.15) is 8.78 Å². The fourth-order valence-corrected chi connectivity index (χ4v) is 0.421. The van der Waals surface area contributed by atoms with E-state index in [4.69, 9.17) is 5.11 Å². The first-order chi connectivity index (χ1) is 4.42. The largest absolute Gasteiger partial charge is 0.386 e. The third-order valence-corrected chi connectivity index (χ3v) is 1.13. The fourth-order valence-electron chi connectivity index (χ4n) is 0.421. The summed E-state index contributed by atoms with van der Waals surface area (Å²) in [6, 6.07) is 0. The normalized spacial score (nSPS) is 14.8. The van der Waals surface area contributed by atoms with E-state index < -0.39 is 17.9 Å². The van der Waals surface area contributed by atoms with Crippen LogP contribution < -0.4 is 5.73 Å². The summed E-state index contributed by atoms with van der Waals surface area (Å²) in [5, 5.41) is 8.51. The van der Waals surface area contributed by atoms with E-state index in [2.05, 4.69) is 5.73 Å². The number of nitrogens with two attached hydrogens (primary N) is 1. The number of hydrogen-bond acceptors (Lipinski definition) is 2. The Balaban J connectivity index is 4.23. The van der Waals surface area contributed by atoms with Crippen molar-refractivity contribution in [2.75, 3.05) is 0 Å². The van der Waals surface area contributed by atoms with E-state index >= 15 is 0 Å². The molecule has 0 aliphatic rings. The number of carbonyl (C=O) groups excluding carboxylic acids is 1. The summed E-state index contributed by atoms with van der Waals surface area (Å²) < 4.78 is 24.4. The number of aliphatic hydroxyl groups excluding tert-OH is 1. The maximum atomic E-state index is 12.2. The van der Waals surface area contributed by atoms with Crippen molar-refractivity contribution in [2.45, 2.75) is 25.4 Å². The Hall–Kier alpha value is -0.710. The van der Waals surface area contributed by atoms with Crippen molar-refractivity contribution in [3.8, 4) is 0 Å². The summed E-state index contributed by atoms with van der Waals surface area (Å²) in [5.74, 6) is -5.59. The number of aliphatic hydroxyl groups is 1. The van der Waals surface area contributed by atoms with Crippen molar-refractivity contribution >= 4 is 5.91 Å². The minimum atomic E-state index is -3.80. The first-order valence-electron chi connectivity index (χ1n) is 2.78. The van der Waals surface area contributed by atoms with E-state index in [1.807, 2.05) is 0 Å². The Morgan fingerprint density at radius 2 is 2.20 bits per heavy atom. The van der Waals surface area contributed by atoms with Gasteiger partial charge in [-0.15, -0.1) is 0 Å². The van der Waals surface area contributed by atoms with Crippen molar-refractivity contribution in [2.24, 2.45) is 5.73 Å². The van der Waals surface area contributed by atoms with Gasteiger partial charge in [0.15, 0.2) is 0 Å². The lowest BCUT2D eigenvalue weighted by atomic mass is 10.1. The number of alkyl halides is 2. The molecular formula is C5H9F2NO2. The molecule has 0 aliphatic heterocycles. The number of hydrogen-bond donors (Lipinski definition) is 2. The average Bonchev–Trinajstić information content (AvgIpc) is 1.86. The monoisotopic (exact) mass is 153 g/mol. The fraction of sp³-hybridized carbons (Fsp3) is 0.800. The first-order valence-corrected chi connectivity index (χ1v) is 2.78. The van der Waals surface area contributed by atoms with Crippen molar-refractivity contribution in [1.29, 1.82) is 0 Å². The second-order valence-corrected chi connectivity index (χ2v) is 1.91. The molecule has 0 aromatic carbocycles. The summed E-state index contributed by atoms with van der Waals surface area (Å²) in [6.07, 6.45) is -2.17. The second kappa shape index (κ2) is 2.92. The molecule has 3 N–H and O–H groups in total. The van der Waals surface area contributed by atoms with Gasteiger partial charge >= 0.3 is 5.92 Å². The summed E-state index contributed by atoms with van der Waals surface area (Å²) in [7, 11) is 0. The molecule has 5 heteroatoms. The topological polar surface area (TPSA) is 63.3 Å². The number of amides is 1.